The third kappa shape index (κ3) is 5.15. The van der Waals surface area contributed by atoms with Crippen LogP contribution in [-0.2, 0) is 9.47 Å². The zero-order valence-corrected chi connectivity index (χ0v) is 17.2. The molecule has 1 saturated heterocycles. The third-order valence-electron chi connectivity index (χ3n) is 3.54. The van der Waals surface area contributed by atoms with Crippen LogP contribution in [0.4, 0.5) is 4.79 Å². The molecule has 1 fully saturated rings. The van der Waals surface area contributed by atoms with Crippen molar-refractivity contribution >= 4 is 33.6 Å². The molecule has 9 heteroatoms. The lowest BCUT2D eigenvalue weighted by Gasteiger charge is -2.34. The fourth-order valence-corrected chi connectivity index (χ4v) is 3.41. The Morgan fingerprint density at radius 1 is 1.42 bits per heavy atom. The number of nitrogens with zero attached hydrogens (tertiary/aromatic N) is 3. The molecule has 0 bridgehead atoms. The van der Waals surface area contributed by atoms with Crippen molar-refractivity contribution in [3.05, 3.63) is 34.6 Å². The van der Waals surface area contributed by atoms with Gasteiger partial charge in [0.15, 0.2) is 0 Å². The Morgan fingerprint density at radius 2 is 2.23 bits per heavy atom. The number of carbonyl (C=O) groups excluding carboxylic acids is 1. The van der Waals surface area contributed by atoms with Crippen molar-refractivity contribution in [3.8, 4) is 10.9 Å². The van der Waals surface area contributed by atoms with E-state index < -0.39 is 5.60 Å². The second-order valence-corrected chi connectivity index (χ2v) is 8.21. The summed E-state index contributed by atoms with van der Waals surface area (Å²) < 4.78 is 21.5. The highest BCUT2D eigenvalue weighted by molar-refractivity contribution is 9.10. The van der Waals surface area contributed by atoms with Gasteiger partial charge in [-0.2, -0.15) is 9.36 Å². The molecule has 7 nitrogen and oxygen atoms in total. The lowest BCUT2D eigenvalue weighted by molar-refractivity contribution is -0.0433. The van der Waals surface area contributed by atoms with Crippen molar-refractivity contribution < 1.29 is 19.0 Å². The Labute approximate surface area is 164 Å². The lowest BCUT2D eigenvalue weighted by Crippen LogP contribution is -2.44. The van der Waals surface area contributed by atoms with Crippen molar-refractivity contribution in [1.82, 2.24) is 14.3 Å². The van der Waals surface area contributed by atoms with E-state index in [4.69, 9.17) is 14.2 Å². The first-order valence-corrected chi connectivity index (χ1v) is 9.73. The molecule has 2 aromatic rings. The summed E-state index contributed by atoms with van der Waals surface area (Å²) in [5.41, 5.74) is 0.411. The van der Waals surface area contributed by atoms with Crippen LogP contribution in [0.3, 0.4) is 0 Å². The molecule has 1 atom stereocenters. The van der Waals surface area contributed by atoms with Gasteiger partial charge in [0.05, 0.1) is 13.2 Å². The Balaban J connectivity index is 1.68. The molecule has 0 saturated carbocycles. The van der Waals surface area contributed by atoms with Crippen LogP contribution in [0.1, 0.15) is 32.4 Å². The molecule has 2 heterocycles. The Bertz CT molecular complexity index is 777. The first kappa shape index (κ1) is 19.1. The highest BCUT2D eigenvalue weighted by Gasteiger charge is 2.29. The van der Waals surface area contributed by atoms with Crippen LogP contribution in [0.5, 0.6) is 10.9 Å². The fourth-order valence-electron chi connectivity index (χ4n) is 2.46. The maximum atomic E-state index is 12.3. The Hall–Kier alpha value is -1.71. The van der Waals surface area contributed by atoms with Gasteiger partial charge in [0.25, 0.3) is 5.19 Å². The van der Waals surface area contributed by atoms with Crippen molar-refractivity contribution in [2.75, 3.05) is 19.7 Å². The van der Waals surface area contributed by atoms with Crippen molar-refractivity contribution in [2.24, 2.45) is 0 Å². The predicted molar refractivity (Wildman–Crippen MR) is 101 cm³/mol. The molecule has 1 aliphatic rings. The largest absolute Gasteiger partial charge is 0.444 e. The second-order valence-electron chi connectivity index (χ2n) is 6.79. The molecule has 1 aromatic heterocycles. The van der Waals surface area contributed by atoms with E-state index >= 15 is 0 Å². The first-order chi connectivity index (χ1) is 12.3. The molecule has 0 N–H and O–H groups in total. The van der Waals surface area contributed by atoms with Gasteiger partial charge >= 0.3 is 6.09 Å². The van der Waals surface area contributed by atoms with Gasteiger partial charge in [0, 0.05) is 18.1 Å². The van der Waals surface area contributed by atoms with E-state index in [1.54, 1.807) is 4.90 Å². The van der Waals surface area contributed by atoms with Crippen LogP contribution in [0, 0.1) is 0 Å². The summed E-state index contributed by atoms with van der Waals surface area (Å²) in [5, 5.41) is 0.453. The second kappa shape index (κ2) is 7.89. The molecule has 26 heavy (non-hydrogen) atoms. The zero-order chi connectivity index (χ0) is 18.7. The molecule has 1 aromatic carbocycles. The maximum absolute atomic E-state index is 12.3. The van der Waals surface area contributed by atoms with Crippen LogP contribution in [0.25, 0.3) is 0 Å². The number of aromatic nitrogens is 2. The smallest absolute Gasteiger partial charge is 0.410 e. The minimum atomic E-state index is -0.519. The molecule has 1 amide bonds. The van der Waals surface area contributed by atoms with Crippen molar-refractivity contribution in [1.29, 1.82) is 0 Å². The predicted octanol–water partition coefficient (Wildman–Crippen LogP) is 4.40. The summed E-state index contributed by atoms with van der Waals surface area (Å²) >= 11 is 4.37. The number of halogens is 1. The van der Waals surface area contributed by atoms with Gasteiger partial charge in [-0.05, 0) is 54.4 Å². The highest BCUT2D eigenvalue weighted by Crippen LogP contribution is 2.29. The van der Waals surface area contributed by atoms with Crippen LogP contribution in [0.2, 0.25) is 0 Å². The monoisotopic (exact) mass is 441 g/mol. The van der Waals surface area contributed by atoms with Gasteiger partial charge in [-0.25, -0.2) is 4.79 Å². The number of benzene rings is 1. The SMILES string of the molecule is CC(C)(C)OC(=O)N1CCO[C@H](c2cccc(Oc3nc(Br)ns3)c2)C1. The van der Waals surface area contributed by atoms with Crippen molar-refractivity contribution in [2.45, 2.75) is 32.5 Å². The maximum Gasteiger partial charge on any atom is 0.410 e. The summed E-state index contributed by atoms with van der Waals surface area (Å²) in [7, 11) is 0. The molecule has 1 aliphatic heterocycles. The van der Waals surface area contributed by atoms with E-state index in [0.29, 0.717) is 35.4 Å². The molecule has 0 unspecified atom stereocenters. The van der Waals surface area contributed by atoms with E-state index in [9.17, 15) is 4.79 Å². The van der Waals surface area contributed by atoms with Gasteiger partial charge in [-0.1, -0.05) is 12.1 Å². The highest BCUT2D eigenvalue weighted by atomic mass is 79.9. The van der Waals surface area contributed by atoms with Gasteiger partial charge < -0.3 is 19.1 Å². The van der Waals surface area contributed by atoms with Crippen LogP contribution < -0.4 is 4.74 Å². The number of hydrogen-bond donors (Lipinski definition) is 0. The molecule has 0 aliphatic carbocycles. The van der Waals surface area contributed by atoms with Crippen LogP contribution >= 0.6 is 27.5 Å². The molecular weight excluding hydrogens is 422 g/mol. The quantitative estimate of drug-likeness (QED) is 0.702. The minimum absolute atomic E-state index is 0.235. The average Bonchev–Trinajstić information content (AvgIpc) is 2.98. The number of ether oxygens (including phenoxy) is 3. The molecule has 0 radical (unpaired) electrons. The summed E-state index contributed by atoms with van der Waals surface area (Å²) in [5.74, 6) is 0.643. The Morgan fingerprint density at radius 3 is 2.92 bits per heavy atom. The fraction of sp³-hybridized carbons (Fsp3) is 0.471. The van der Waals surface area contributed by atoms with E-state index in [1.807, 2.05) is 45.0 Å². The standard InChI is InChI=1S/C17H20BrN3O4S/c1-17(2,3)25-16(22)21-7-8-23-13(10-21)11-5-4-6-12(9-11)24-15-19-14(18)20-26-15/h4-6,9,13H,7-8,10H2,1-3H3/t13-/m0/s1. The first-order valence-electron chi connectivity index (χ1n) is 8.17. The van der Waals surface area contributed by atoms with E-state index in [1.165, 1.54) is 0 Å². The number of morpholine rings is 1. The van der Waals surface area contributed by atoms with Crippen molar-refractivity contribution in [3.63, 3.8) is 0 Å². The number of amides is 1. The van der Waals surface area contributed by atoms with Crippen LogP contribution in [-0.4, -0.2) is 45.6 Å². The summed E-state index contributed by atoms with van der Waals surface area (Å²) in [6.45, 7) is 6.97. The molecule has 3 rings (SSSR count). The molecule has 140 valence electrons. The van der Waals surface area contributed by atoms with Crippen LogP contribution in [0.15, 0.2) is 29.0 Å². The van der Waals surface area contributed by atoms with Gasteiger partial charge in [0.2, 0.25) is 4.73 Å². The Kier molecular flexibility index (Phi) is 5.79. The lowest BCUT2D eigenvalue weighted by atomic mass is 10.1. The van der Waals surface area contributed by atoms with E-state index in [2.05, 4.69) is 25.3 Å². The number of carbonyl (C=O) groups is 1. The topological polar surface area (TPSA) is 73.8 Å². The van der Waals surface area contributed by atoms with Gasteiger partial charge in [-0.3, -0.25) is 0 Å². The summed E-state index contributed by atoms with van der Waals surface area (Å²) in [6, 6.07) is 7.56. The summed E-state index contributed by atoms with van der Waals surface area (Å²) in [4.78, 5) is 18.1. The number of hydrogen-bond acceptors (Lipinski definition) is 7. The van der Waals surface area contributed by atoms with Gasteiger partial charge in [-0.15, -0.1) is 0 Å². The normalized spacial score (nSPS) is 17.8. The minimum Gasteiger partial charge on any atom is -0.444 e. The van der Waals surface area contributed by atoms with E-state index in [0.717, 1.165) is 17.1 Å². The molecule has 0 spiro atoms. The summed E-state index contributed by atoms with van der Waals surface area (Å²) in [6.07, 6.45) is -0.558. The number of rotatable bonds is 3. The average molecular weight is 442 g/mol. The molecular formula is C17H20BrN3O4S. The third-order valence-corrected chi connectivity index (χ3v) is 4.72. The van der Waals surface area contributed by atoms with Gasteiger partial charge in [0.1, 0.15) is 17.5 Å². The zero-order valence-electron chi connectivity index (χ0n) is 14.8. The van der Waals surface area contributed by atoms with E-state index in [-0.39, 0.29) is 12.2 Å².